The highest BCUT2D eigenvalue weighted by Crippen LogP contribution is 2.32. The first-order valence-electron chi connectivity index (χ1n) is 9.34. The smallest absolute Gasteiger partial charge is 0.239 e. The maximum Gasteiger partial charge on any atom is 0.239 e. The molecule has 4 rings (SSSR count). The van der Waals surface area contributed by atoms with Crippen LogP contribution in [0.4, 0.5) is 0 Å². The van der Waals surface area contributed by atoms with Gasteiger partial charge in [-0.15, -0.1) is 0 Å². The summed E-state index contributed by atoms with van der Waals surface area (Å²) < 4.78 is 10.8. The number of carbonyl (C=O) groups is 1. The molecule has 25 heavy (non-hydrogen) atoms. The van der Waals surface area contributed by atoms with Gasteiger partial charge in [0.25, 0.3) is 0 Å². The molecule has 3 heterocycles. The van der Waals surface area contributed by atoms with Gasteiger partial charge in [0.15, 0.2) is 11.5 Å². The minimum absolute atomic E-state index is 0.00536. The van der Waals surface area contributed by atoms with Crippen molar-refractivity contribution in [2.45, 2.75) is 32.4 Å². The first-order valence-corrected chi connectivity index (χ1v) is 9.34. The Balaban J connectivity index is 1.28. The number of ether oxygens (including phenoxy) is 2. The summed E-state index contributed by atoms with van der Waals surface area (Å²) in [4.78, 5) is 19.4. The SMILES string of the molecule is C[C@H](C(=O)N1CCCC1)N1CCN(Cc2ccc3c(c2)OCO3)CC1. The van der Waals surface area contributed by atoms with Crippen molar-refractivity contribution >= 4 is 5.91 Å². The molecule has 0 radical (unpaired) electrons. The van der Waals surface area contributed by atoms with Crippen LogP contribution in [0.5, 0.6) is 11.5 Å². The Bertz CT molecular complexity index is 622. The zero-order chi connectivity index (χ0) is 17.2. The van der Waals surface area contributed by atoms with E-state index in [0.29, 0.717) is 12.7 Å². The molecule has 3 aliphatic rings. The maximum absolute atomic E-state index is 12.6. The quantitative estimate of drug-likeness (QED) is 0.828. The van der Waals surface area contributed by atoms with Crippen molar-refractivity contribution in [3.63, 3.8) is 0 Å². The second-order valence-corrected chi connectivity index (χ2v) is 7.21. The zero-order valence-electron chi connectivity index (χ0n) is 14.9. The molecule has 6 heteroatoms. The van der Waals surface area contributed by atoms with E-state index in [-0.39, 0.29) is 6.04 Å². The van der Waals surface area contributed by atoms with Gasteiger partial charge in [0.2, 0.25) is 12.7 Å². The van der Waals surface area contributed by atoms with E-state index in [2.05, 4.69) is 28.9 Å². The monoisotopic (exact) mass is 345 g/mol. The van der Waals surface area contributed by atoms with E-state index in [1.54, 1.807) is 0 Å². The van der Waals surface area contributed by atoms with Crippen molar-refractivity contribution in [2.75, 3.05) is 46.1 Å². The van der Waals surface area contributed by atoms with Crippen LogP contribution in [0.1, 0.15) is 25.3 Å². The van der Waals surface area contributed by atoms with E-state index in [1.807, 2.05) is 11.0 Å². The molecule has 1 aromatic rings. The number of likely N-dealkylation sites (tertiary alicyclic amines) is 1. The van der Waals surface area contributed by atoms with Crippen LogP contribution in [0.25, 0.3) is 0 Å². The molecule has 1 atom stereocenters. The fraction of sp³-hybridized carbons (Fsp3) is 0.632. The highest BCUT2D eigenvalue weighted by Gasteiger charge is 2.29. The topological polar surface area (TPSA) is 45.3 Å². The van der Waals surface area contributed by atoms with E-state index in [0.717, 1.165) is 70.2 Å². The molecule has 136 valence electrons. The second-order valence-electron chi connectivity index (χ2n) is 7.21. The summed E-state index contributed by atoms with van der Waals surface area (Å²) in [5.41, 5.74) is 1.25. The third-order valence-corrected chi connectivity index (χ3v) is 5.57. The van der Waals surface area contributed by atoms with Crippen molar-refractivity contribution in [1.82, 2.24) is 14.7 Å². The molecule has 6 nitrogen and oxygen atoms in total. The first kappa shape index (κ1) is 16.7. The van der Waals surface area contributed by atoms with Crippen LogP contribution in [0.3, 0.4) is 0 Å². The van der Waals surface area contributed by atoms with Crippen LogP contribution in [0, 0.1) is 0 Å². The van der Waals surface area contributed by atoms with Crippen LogP contribution in [0.15, 0.2) is 18.2 Å². The van der Waals surface area contributed by atoms with Gasteiger partial charge in [-0.2, -0.15) is 0 Å². The fourth-order valence-corrected chi connectivity index (χ4v) is 3.96. The lowest BCUT2D eigenvalue weighted by atomic mass is 10.1. The Morgan fingerprint density at radius 3 is 2.52 bits per heavy atom. The van der Waals surface area contributed by atoms with Crippen molar-refractivity contribution in [3.05, 3.63) is 23.8 Å². The molecule has 0 spiro atoms. The van der Waals surface area contributed by atoms with Gasteiger partial charge in [-0.1, -0.05) is 6.07 Å². The van der Waals surface area contributed by atoms with Gasteiger partial charge in [0.05, 0.1) is 6.04 Å². The Labute approximate surface area is 149 Å². The highest BCUT2D eigenvalue weighted by molar-refractivity contribution is 5.81. The first-order chi connectivity index (χ1) is 12.2. The minimum Gasteiger partial charge on any atom is -0.454 e. The third-order valence-electron chi connectivity index (χ3n) is 5.57. The van der Waals surface area contributed by atoms with Gasteiger partial charge < -0.3 is 14.4 Å². The lowest BCUT2D eigenvalue weighted by Gasteiger charge is -2.38. The average Bonchev–Trinajstić information content (AvgIpc) is 3.32. The van der Waals surface area contributed by atoms with Gasteiger partial charge in [-0.3, -0.25) is 14.6 Å². The molecule has 1 aromatic carbocycles. The molecule has 3 aliphatic heterocycles. The normalized spacial score (nSPS) is 22.4. The summed E-state index contributed by atoms with van der Waals surface area (Å²) in [6.07, 6.45) is 2.31. The van der Waals surface area contributed by atoms with E-state index < -0.39 is 0 Å². The number of fused-ring (bicyclic) bond motifs is 1. The Kier molecular flexibility index (Phi) is 4.81. The molecule has 0 aromatic heterocycles. The molecular formula is C19H27N3O3. The van der Waals surface area contributed by atoms with Crippen LogP contribution >= 0.6 is 0 Å². The summed E-state index contributed by atoms with van der Waals surface area (Å²) in [7, 11) is 0. The lowest BCUT2D eigenvalue weighted by Crippen LogP contribution is -2.54. The predicted molar refractivity (Wildman–Crippen MR) is 94.7 cm³/mol. The number of carbonyl (C=O) groups excluding carboxylic acids is 1. The van der Waals surface area contributed by atoms with Gasteiger partial charge in [-0.05, 0) is 37.5 Å². The molecule has 2 saturated heterocycles. The van der Waals surface area contributed by atoms with Gasteiger partial charge in [-0.25, -0.2) is 0 Å². The predicted octanol–water partition coefficient (Wildman–Crippen LogP) is 1.54. The van der Waals surface area contributed by atoms with Crippen molar-refractivity contribution in [3.8, 4) is 11.5 Å². The molecule has 0 N–H and O–H groups in total. The maximum atomic E-state index is 12.6. The van der Waals surface area contributed by atoms with Crippen LogP contribution in [-0.4, -0.2) is 72.7 Å². The van der Waals surface area contributed by atoms with Crippen LogP contribution < -0.4 is 9.47 Å². The minimum atomic E-state index is 0.00536. The lowest BCUT2D eigenvalue weighted by molar-refractivity contribution is -0.136. The summed E-state index contributed by atoms with van der Waals surface area (Å²) in [6.45, 7) is 9.06. The molecule has 0 saturated carbocycles. The van der Waals surface area contributed by atoms with Gasteiger partial charge in [0, 0.05) is 45.8 Å². The third kappa shape index (κ3) is 3.60. The number of benzene rings is 1. The van der Waals surface area contributed by atoms with Crippen LogP contribution in [-0.2, 0) is 11.3 Å². The van der Waals surface area contributed by atoms with E-state index in [4.69, 9.17) is 9.47 Å². The standard InChI is InChI=1S/C19H27N3O3/c1-15(19(23)22-6-2-3-7-22)21-10-8-20(9-11-21)13-16-4-5-17-18(12-16)25-14-24-17/h4-5,12,15H,2-3,6-11,13-14H2,1H3/t15-/m1/s1. The van der Waals surface area contributed by atoms with E-state index >= 15 is 0 Å². The highest BCUT2D eigenvalue weighted by atomic mass is 16.7. The van der Waals surface area contributed by atoms with Gasteiger partial charge >= 0.3 is 0 Å². The van der Waals surface area contributed by atoms with Crippen molar-refractivity contribution in [1.29, 1.82) is 0 Å². The summed E-state index contributed by atoms with van der Waals surface area (Å²) in [6, 6.07) is 6.18. The molecule has 2 fully saturated rings. The van der Waals surface area contributed by atoms with Crippen LogP contribution in [0.2, 0.25) is 0 Å². The number of piperazine rings is 1. The van der Waals surface area contributed by atoms with Gasteiger partial charge in [0.1, 0.15) is 0 Å². The molecule has 0 bridgehead atoms. The molecular weight excluding hydrogens is 318 g/mol. The summed E-state index contributed by atoms with van der Waals surface area (Å²) in [5, 5.41) is 0. The summed E-state index contributed by atoms with van der Waals surface area (Å²) >= 11 is 0. The Morgan fingerprint density at radius 1 is 1.04 bits per heavy atom. The molecule has 0 unspecified atom stereocenters. The number of rotatable bonds is 4. The Morgan fingerprint density at radius 2 is 1.76 bits per heavy atom. The number of nitrogens with zero attached hydrogens (tertiary/aromatic N) is 3. The fourth-order valence-electron chi connectivity index (χ4n) is 3.96. The Hall–Kier alpha value is -1.79. The second kappa shape index (κ2) is 7.22. The average molecular weight is 345 g/mol. The largest absolute Gasteiger partial charge is 0.454 e. The zero-order valence-corrected chi connectivity index (χ0v) is 14.9. The van der Waals surface area contributed by atoms with Crippen molar-refractivity contribution < 1.29 is 14.3 Å². The number of hydrogen-bond acceptors (Lipinski definition) is 5. The number of amides is 1. The molecule has 1 amide bonds. The van der Waals surface area contributed by atoms with E-state index in [1.165, 1.54) is 5.56 Å². The summed E-state index contributed by atoms with van der Waals surface area (Å²) in [5.74, 6) is 1.99. The van der Waals surface area contributed by atoms with E-state index in [9.17, 15) is 4.79 Å². The van der Waals surface area contributed by atoms with Crippen molar-refractivity contribution in [2.24, 2.45) is 0 Å². The molecule has 0 aliphatic carbocycles. The number of hydrogen-bond donors (Lipinski definition) is 0.